The number of likely N-dealkylation sites (N-methyl/N-ethyl adjacent to an activating group) is 1. The van der Waals surface area contributed by atoms with Gasteiger partial charge < -0.3 is 4.90 Å². The van der Waals surface area contributed by atoms with Crippen molar-refractivity contribution in [3.8, 4) is 11.3 Å². The second-order valence-electron chi connectivity index (χ2n) is 9.30. The number of aromatic nitrogens is 4. The molecule has 2 heterocycles. The topological polar surface area (TPSA) is 74.8 Å². The van der Waals surface area contributed by atoms with Gasteiger partial charge in [-0.15, -0.1) is 0 Å². The number of fused-ring (bicyclic) bond motifs is 5. The van der Waals surface area contributed by atoms with E-state index >= 15 is 0 Å². The summed E-state index contributed by atoms with van der Waals surface area (Å²) < 4.78 is 28.8. The first-order chi connectivity index (χ1) is 15.3. The maximum Gasteiger partial charge on any atom is 0.252 e. The van der Waals surface area contributed by atoms with Crippen molar-refractivity contribution in [2.75, 3.05) is 18.0 Å². The molecule has 8 heteroatoms. The molecule has 6 nitrogen and oxygen atoms in total. The molecular formula is C24H25F2N5O. The van der Waals surface area contributed by atoms with Gasteiger partial charge in [-0.2, -0.15) is 10.2 Å². The summed E-state index contributed by atoms with van der Waals surface area (Å²) >= 11 is 0. The van der Waals surface area contributed by atoms with E-state index < -0.39 is 11.6 Å². The van der Waals surface area contributed by atoms with Crippen LogP contribution in [0.1, 0.15) is 50.8 Å². The number of hydrogen-bond acceptors (Lipinski definition) is 5. The number of benzene rings is 1. The Labute approximate surface area is 184 Å². The highest BCUT2D eigenvalue weighted by atomic mass is 19.1. The standard InChI is InChI=1S/C24H25F2N5O/c1-4-31(22-27-11-9-19(32)28-22)13-24-10-8-15(23(24,2)3)14-12-18(29-30-21(14)24)20-16(25)6-5-7-17(20)26/h5-7,9,11-12,15H,4,8,10,13H2,1-3H3,(H,27,28,32)/t15-,24-/m0/s1. The number of hydrogen-bond donors (Lipinski definition) is 1. The number of halogens is 2. The Morgan fingerprint density at radius 3 is 2.62 bits per heavy atom. The van der Waals surface area contributed by atoms with Crippen molar-refractivity contribution < 1.29 is 8.78 Å². The lowest BCUT2D eigenvalue weighted by molar-refractivity contribution is 0.208. The average molecular weight is 437 g/mol. The number of nitrogens with one attached hydrogen (secondary N) is 1. The molecule has 1 aromatic carbocycles. The molecule has 0 radical (unpaired) electrons. The van der Waals surface area contributed by atoms with Gasteiger partial charge in [0.25, 0.3) is 5.56 Å². The number of rotatable bonds is 5. The van der Waals surface area contributed by atoms with Crippen molar-refractivity contribution in [1.82, 2.24) is 20.2 Å². The third-order valence-corrected chi connectivity index (χ3v) is 7.64. The van der Waals surface area contributed by atoms with E-state index in [1.54, 1.807) is 0 Å². The summed E-state index contributed by atoms with van der Waals surface area (Å²) in [6.07, 6.45) is 3.39. The fourth-order valence-electron chi connectivity index (χ4n) is 5.82. The molecule has 0 aliphatic heterocycles. The minimum Gasteiger partial charge on any atom is -0.342 e. The maximum atomic E-state index is 14.4. The molecule has 2 aliphatic carbocycles. The first-order valence-electron chi connectivity index (χ1n) is 10.9. The number of H-pyrrole nitrogens is 1. The van der Waals surface area contributed by atoms with Crippen LogP contribution in [0.5, 0.6) is 0 Å². The molecule has 3 aromatic rings. The SMILES string of the molecule is CCN(C[C@@]12CC[C@@H](c3cc(-c4c(F)cccc4F)nnc31)C2(C)C)c1nccc(=O)[nH]1. The highest BCUT2D eigenvalue weighted by Gasteiger charge is 2.63. The highest BCUT2D eigenvalue weighted by molar-refractivity contribution is 5.63. The van der Waals surface area contributed by atoms with E-state index in [-0.39, 0.29) is 33.6 Å². The van der Waals surface area contributed by atoms with Crippen LogP contribution in [-0.4, -0.2) is 33.3 Å². The van der Waals surface area contributed by atoms with E-state index in [0.717, 1.165) is 24.1 Å². The largest absolute Gasteiger partial charge is 0.342 e. The Morgan fingerprint density at radius 1 is 1.19 bits per heavy atom. The minimum atomic E-state index is -0.646. The first kappa shape index (κ1) is 20.7. The Bertz CT molecular complexity index is 1240. The molecule has 1 saturated carbocycles. The summed E-state index contributed by atoms with van der Waals surface area (Å²) in [5, 5.41) is 8.83. The Morgan fingerprint density at radius 2 is 1.94 bits per heavy atom. The molecule has 1 fully saturated rings. The van der Waals surface area contributed by atoms with Crippen molar-refractivity contribution in [1.29, 1.82) is 0 Å². The summed E-state index contributed by atoms with van der Waals surface area (Å²) in [7, 11) is 0. The minimum absolute atomic E-state index is 0.140. The molecular weight excluding hydrogens is 412 g/mol. The Balaban J connectivity index is 1.60. The predicted octanol–water partition coefficient (Wildman–Crippen LogP) is 4.19. The molecule has 0 amide bonds. The van der Waals surface area contributed by atoms with E-state index in [9.17, 15) is 13.6 Å². The fraction of sp³-hybridized carbons (Fsp3) is 0.417. The van der Waals surface area contributed by atoms with Crippen molar-refractivity contribution in [3.63, 3.8) is 0 Å². The van der Waals surface area contributed by atoms with E-state index in [1.807, 2.05) is 13.0 Å². The number of nitrogens with zero attached hydrogens (tertiary/aromatic N) is 4. The third kappa shape index (κ3) is 2.81. The van der Waals surface area contributed by atoms with Gasteiger partial charge in [0.15, 0.2) is 0 Å². The Hall–Kier alpha value is -3.16. The summed E-state index contributed by atoms with van der Waals surface area (Å²) in [6.45, 7) is 7.76. The second-order valence-corrected chi connectivity index (χ2v) is 9.30. The van der Waals surface area contributed by atoms with Crippen LogP contribution in [0.15, 0.2) is 41.3 Å². The van der Waals surface area contributed by atoms with Gasteiger partial charge in [-0.1, -0.05) is 19.9 Å². The van der Waals surface area contributed by atoms with Crippen LogP contribution < -0.4 is 10.5 Å². The number of anilines is 1. The normalized spacial score (nSPS) is 22.7. The highest BCUT2D eigenvalue weighted by Crippen LogP contribution is 2.67. The number of aromatic amines is 1. The van der Waals surface area contributed by atoms with Crippen molar-refractivity contribution >= 4 is 5.95 Å². The zero-order valence-corrected chi connectivity index (χ0v) is 18.3. The lowest BCUT2D eigenvalue weighted by atomic mass is 9.68. The monoisotopic (exact) mass is 437 g/mol. The van der Waals surface area contributed by atoms with Crippen LogP contribution in [0.25, 0.3) is 11.3 Å². The van der Waals surface area contributed by atoms with Gasteiger partial charge >= 0.3 is 0 Å². The van der Waals surface area contributed by atoms with E-state index in [1.165, 1.54) is 30.5 Å². The van der Waals surface area contributed by atoms with Gasteiger partial charge in [-0.3, -0.25) is 9.78 Å². The molecule has 2 bridgehead atoms. The molecule has 5 rings (SSSR count). The molecule has 0 unspecified atom stereocenters. The first-order valence-corrected chi connectivity index (χ1v) is 10.9. The molecule has 2 aromatic heterocycles. The van der Waals surface area contributed by atoms with Crippen LogP contribution in [0.3, 0.4) is 0 Å². The fourth-order valence-corrected chi connectivity index (χ4v) is 5.82. The third-order valence-electron chi connectivity index (χ3n) is 7.64. The van der Waals surface area contributed by atoms with E-state index in [0.29, 0.717) is 19.0 Å². The second kappa shape index (κ2) is 7.18. The van der Waals surface area contributed by atoms with Crippen LogP contribution in [0.2, 0.25) is 0 Å². The van der Waals surface area contributed by atoms with E-state index in [2.05, 4.69) is 38.9 Å². The van der Waals surface area contributed by atoms with Gasteiger partial charge in [0.05, 0.1) is 17.0 Å². The molecule has 2 aliphatic rings. The van der Waals surface area contributed by atoms with Crippen molar-refractivity contribution in [2.45, 2.75) is 44.9 Å². The maximum absolute atomic E-state index is 14.4. The summed E-state index contributed by atoms with van der Waals surface area (Å²) in [4.78, 5) is 21.1. The quantitative estimate of drug-likeness (QED) is 0.648. The van der Waals surface area contributed by atoms with E-state index in [4.69, 9.17) is 0 Å². The molecule has 1 N–H and O–H groups in total. The van der Waals surface area contributed by atoms with Crippen molar-refractivity contribution in [3.05, 3.63) is 69.8 Å². The summed E-state index contributed by atoms with van der Waals surface area (Å²) in [6, 6.07) is 7.02. The predicted molar refractivity (Wildman–Crippen MR) is 118 cm³/mol. The van der Waals surface area contributed by atoms with Gasteiger partial charge in [-0.25, -0.2) is 13.8 Å². The lowest BCUT2D eigenvalue weighted by Crippen LogP contribution is -2.47. The lowest BCUT2D eigenvalue weighted by Gasteiger charge is -2.41. The van der Waals surface area contributed by atoms with Gasteiger partial charge in [0, 0.05) is 30.8 Å². The smallest absolute Gasteiger partial charge is 0.252 e. The molecule has 0 saturated heterocycles. The van der Waals surface area contributed by atoms with Crippen molar-refractivity contribution in [2.24, 2.45) is 5.41 Å². The molecule has 2 atom stereocenters. The summed E-state index contributed by atoms with van der Waals surface area (Å²) in [5.74, 6) is -0.552. The Kier molecular flexibility index (Phi) is 4.65. The molecule has 166 valence electrons. The van der Waals surface area contributed by atoms with Crippen LogP contribution >= 0.6 is 0 Å². The van der Waals surface area contributed by atoms with Crippen LogP contribution in [0, 0.1) is 17.0 Å². The van der Waals surface area contributed by atoms with Crippen LogP contribution in [-0.2, 0) is 5.41 Å². The van der Waals surface area contributed by atoms with Gasteiger partial charge in [-0.05, 0) is 54.9 Å². The molecule has 32 heavy (non-hydrogen) atoms. The van der Waals surface area contributed by atoms with Crippen LogP contribution in [0.4, 0.5) is 14.7 Å². The zero-order chi connectivity index (χ0) is 22.7. The van der Waals surface area contributed by atoms with Gasteiger partial charge in [0.1, 0.15) is 11.6 Å². The summed E-state index contributed by atoms with van der Waals surface area (Å²) in [5.41, 5.74) is 1.33. The zero-order valence-electron chi connectivity index (χ0n) is 18.3. The average Bonchev–Trinajstić information content (AvgIpc) is 3.12. The van der Waals surface area contributed by atoms with Gasteiger partial charge in [0.2, 0.25) is 5.95 Å². The molecule has 0 spiro atoms.